The normalized spacial score (nSPS) is 10.8. The second kappa shape index (κ2) is 8.32. The fourth-order valence-corrected chi connectivity index (χ4v) is 3.72. The summed E-state index contributed by atoms with van der Waals surface area (Å²) in [6, 6.07) is 15.6. The van der Waals surface area contributed by atoms with Crippen molar-refractivity contribution in [2.45, 2.75) is 26.8 Å². The van der Waals surface area contributed by atoms with Gasteiger partial charge in [0.2, 0.25) is 11.7 Å². The molecular weight excluding hydrogens is 384 g/mol. The van der Waals surface area contributed by atoms with Gasteiger partial charge in [0.25, 0.3) is 0 Å². The standard InChI is InChI=1S/C21H20N6OS/c1-14-7-3-5-9-17(14)21-24-26-27(25-21)12-16-13-29-20(22-16)11-19(28)23-18-10-6-4-8-15(18)2/h3-10,13H,11-12H2,1-2H3,(H,23,28). The number of thiazole rings is 1. The maximum absolute atomic E-state index is 12.3. The average Bonchev–Trinajstić information content (AvgIpc) is 3.34. The number of anilines is 1. The monoisotopic (exact) mass is 404 g/mol. The Labute approximate surface area is 172 Å². The minimum Gasteiger partial charge on any atom is -0.325 e. The Bertz CT molecular complexity index is 1150. The molecule has 0 fully saturated rings. The van der Waals surface area contributed by atoms with E-state index in [-0.39, 0.29) is 12.3 Å². The Morgan fingerprint density at radius 1 is 1.07 bits per heavy atom. The van der Waals surface area contributed by atoms with Crippen LogP contribution in [-0.2, 0) is 17.8 Å². The minimum absolute atomic E-state index is 0.0825. The van der Waals surface area contributed by atoms with Crippen LogP contribution < -0.4 is 5.32 Å². The van der Waals surface area contributed by atoms with Gasteiger partial charge in [0.05, 0.1) is 12.1 Å². The Kier molecular flexibility index (Phi) is 5.44. The maximum Gasteiger partial charge on any atom is 0.231 e. The lowest BCUT2D eigenvalue weighted by Gasteiger charge is -2.06. The number of carbonyl (C=O) groups is 1. The molecule has 29 heavy (non-hydrogen) atoms. The molecule has 0 bridgehead atoms. The Morgan fingerprint density at radius 2 is 1.83 bits per heavy atom. The number of nitrogens with zero attached hydrogens (tertiary/aromatic N) is 5. The molecule has 4 aromatic rings. The van der Waals surface area contributed by atoms with E-state index < -0.39 is 0 Å². The average molecular weight is 404 g/mol. The van der Waals surface area contributed by atoms with E-state index in [0.717, 1.165) is 33.1 Å². The molecule has 8 heteroatoms. The first kappa shape index (κ1) is 18.9. The van der Waals surface area contributed by atoms with Crippen molar-refractivity contribution in [2.24, 2.45) is 0 Å². The van der Waals surface area contributed by atoms with Crippen LogP contribution in [0.1, 0.15) is 21.8 Å². The lowest BCUT2D eigenvalue weighted by atomic mass is 10.1. The summed E-state index contributed by atoms with van der Waals surface area (Å²) in [5, 5.41) is 18.3. The SMILES string of the molecule is Cc1ccccc1NC(=O)Cc1nc(Cn2nnc(-c3ccccc3C)n2)cs1. The quantitative estimate of drug-likeness (QED) is 0.530. The van der Waals surface area contributed by atoms with Gasteiger partial charge in [0, 0.05) is 16.6 Å². The summed E-state index contributed by atoms with van der Waals surface area (Å²) in [6.07, 6.45) is 0.234. The first-order valence-corrected chi connectivity index (χ1v) is 10.1. The molecule has 0 saturated carbocycles. The van der Waals surface area contributed by atoms with Gasteiger partial charge in [-0.1, -0.05) is 42.5 Å². The topological polar surface area (TPSA) is 85.6 Å². The fourth-order valence-electron chi connectivity index (χ4n) is 2.93. The molecule has 4 rings (SSSR count). The molecule has 0 unspecified atom stereocenters. The van der Waals surface area contributed by atoms with E-state index in [1.807, 2.05) is 67.8 Å². The summed E-state index contributed by atoms with van der Waals surface area (Å²) in [7, 11) is 0. The van der Waals surface area contributed by atoms with Gasteiger partial charge in [0.1, 0.15) is 11.6 Å². The van der Waals surface area contributed by atoms with Gasteiger partial charge in [-0.15, -0.1) is 21.5 Å². The van der Waals surface area contributed by atoms with Crippen molar-refractivity contribution in [3.63, 3.8) is 0 Å². The third-order valence-electron chi connectivity index (χ3n) is 4.47. The van der Waals surface area contributed by atoms with Crippen molar-refractivity contribution in [1.29, 1.82) is 0 Å². The number of rotatable bonds is 6. The van der Waals surface area contributed by atoms with Gasteiger partial charge in [-0.25, -0.2) is 4.98 Å². The van der Waals surface area contributed by atoms with Gasteiger partial charge in [-0.3, -0.25) is 4.79 Å². The van der Waals surface area contributed by atoms with Crippen LogP contribution in [0.5, 0.6) is 0 Å². The summed E-state index contributed by atoms with van der Waals surface area (Å²) in [5.74, 6) is 0.511. The molecule has 2 aromatic carbocycles. The Balaban J connectivity index is 1.39. The van der Waals surface area contributed by atoms with Crippen molar-refractivity contribution in [3.05, 3.63) is 75.7 Å². The number of benzene rings is 2. The van der Waals surface area contributed by atoms with Gasteiger partial charge in [-0.05, 0) is 36.3 Å². The molecule has 2 heterocycles. The zero-order valence-corrected chi connectivity index (χ0v) is 17.0. The highest BCUT2D eigenvalue weighted by Gasteiger charge is 2.12. The molecule has 146 valence electrons. The summed E-state index contributed by atoms with van der Waals surface area (Å²) in [5.41, 5.74) is 4.72. The number of hydrogen-bond acceptors (Lipinski definition) is 6. The number of nitrogens with one attached hydrogen (secondary N) is 1. The van der Waals surface area contributed by atoms with Crippen molar-refractivity contribution in [3.8, 4) is 11.4 Å². The molecule has 0 saturated heterocycles. The lowest BCUT2D eigenvalue weighted by molar-refractivity contribution is -0.115. The van der Waals surface area contributed by atoms with Crippen molar-refractivity contribution >= 4 is 22.9 Å². The summed E-state index contributed by atoms with van der Waals surface area (Å²) in [6.45, 7) is 4.40. The predicted molar refractivity (Wildman–Crippen MR) is 113 cm³/mol. The summed E-state index contributed by atoms with van der Waals surface area (Å²) < 4.78 is 0. The largest absolute Gasteiger partial charge is 0.325 e. The van der Waals surface area contributed by atoms with Crippen LogP contribution >= 0.6 is 11.3 Å². The second-order valence-corrected chi connectivity index (χ2v) is 7.67. The number of aromatic nitrogens is 5. The number of carbonyl (C=O) groups excluding carboxylic acids is 1. The van der Waals surface area contributed by atoms with Crippen LogP contribution in [0, 0.1) is 13.8 Å². The number of aryl methyl sites for hydroxylation is 2. The van der Waals surface area contributed by atoms with Crippen LogP contribution in [0.3, 0.4) is 0 Å². The van der Waals surface area contributed by atoms with Gasteiger partial charge in [0.15, 0.2) is 0 Å². The van der Waals surface area contributed by atoms with Crippen LogP contribution in [0.15, 0.2) is 53.9 Å². The third-order valence-corrected chi connectivity index (χ3v) is 5.37. The zero-order chi connectivity index (χ0) is 20.2. The highest BCUT2D eigenvalue weighted by Crippen LogP contribution is 2.19. The first-order chi connectivity index (χ1) is 14.1. The molecule has 1 N–H and O–H groups in total. The highest BCUT2D eigenvalue weighted by molar-refractivity contribution is 7.09. The molecular formula is C21H20N6OS. The minimum atomic E-state index is -0.0825. The number of amides is 1. The van der Waals surface area contributed by atoms with Crippen molar-refractivity contribution < 1.29 is 4.79 Å². The van der Waals surface area contributed by atoms with Crippen molar-refractivity contribution in [1.82, 2.24) is 25.2 Å². The molecule has 0 atom stereocenters. The number of tetrazole rings is 1. The van der Waals surface area contributed by atoms with E-state index in [1.165, 1.54) is 16.1 Å². The molecule has 0 radical (unpaired) electrons. The smallest absolute Gasteiger partial charge is 0.231 e. The number of hydrogen-bond donors (Lipinski definition) is 1. The fraction of sp³-hybridized carbons (Fsp3) is 0.190. The predicted octanol–water partition coefficient (Wildman–Crippen LogP) is 3.64. The highest BCUT2D eigenvalue weighted by atomic mass is 32.1. The zero-order valence-electron chi connectivity index (χ0n) is 16.2. The van der Waals surface area contributed by atoms with Crippen LogP contribution in [0.4, 0.5) is 5.69 Å². The van der Waals surface area contributed by atoms with Crippen LogP contribution in [-0.4, -0.2) is 31.1 Å². The molecule has 0 aliphatic rings. The second-order valence-electron chi connectivity index (χ2n) is 6.73. The first-order valence-electron chi connectivity index (χ1n) is 9.21. The van der Waals surface area contributed by atoms with Crippen molar-refractivity contribution in [2.75, 3.05) is 5.32 Å². The van der Waals surface area contributed by atoms with E-state index in [4.69, 9.17) is 0 Å². The van der Waals surface area contributed by atoms with Gasteiger partial charge >= 0.3 is 0 Å². The molecule has 7 nitrogen and oxygen atoms in total. The Hall–Kier alpha value is -3.39. The van der Waals surface area contributed by atoms with Gasteiger partial charge in [-0.2, -0.15) is 4.80 Å². The van der Waals surface area contributed by atoms with E-state index in [2.05, 4.69) is 25.7 Å². The molecule has 0 spiro atoms. The molecule has 0 aliphatic heterocycles. The lowest BCUT2D eigenvalue weighted by Crippen LogP contribution is -2.15. The Morgan fingerprint density at radius 3 is 2.62 bits per heavy atom. The van der Waals surface area contributed by atoms with Crippen LogP contribution in [0.2, 0.25) is 0 Å². The third kappa shape index (κ3) is 4.55. The molecule has 1 amide bonds. The molecule has 2 aromatic heterocycles. The van der Waals surface area contributed by atoms with E-state index in [1.54, 1.807) is 0 Å². The van der Waals surface area contributed by atoms with E-state index in [9.17, 15) is 4.79 Å². The van der Waals surface area contributed by atoms with Crippen LogP contribution in [0.25, 0.3) is 11.4 Å². The van der Waals surface area contributed by atoms with E-state index >= 15 is 0 Å². The summed E-state index contributed by atoms with van der Waals surface area (Å²) >= 11 is 1.46. The molecule has 0 aliphatic carbocycles. The summed E-state index contributed by atoms with van der Waals surface area (Å²) in [4.78, 5) is 18.4. The van der Waals surface area contributed by atoms with Gasteiger partial charge < -0.3 is 5.32 Å². The van der Waals surface area contributed by atoms with E-state index in [0.29, 0.717) is 12.4 Å². The maximum atomic E-state index is 12.3. The number of para-hydroxylation sites is 1.